The third kappa shape index (κ3) is 3.54. The molecular formula is C13H29P. The third-order valence-electron chi connectivity index (χ3n) is 2.81. The second-order valence-electron chi connectivity index (χ2n) is 6.84. The maximum Gasteiger partial charge on any atom is -0.0144 e. The van der Waals surface area contributed by atoms with Gasteiger partial charge in [0.1, 0.15) is 0 Å². The van der Waals surface area contributed by atoms with E-state index in [2.05, 4.69) is 62.3 Å². The quantitative estimate of drug-likeness (QED) is 0.553. The first-order valence-corrected chi connectivity index (χ1v) is 7.07. The van der Waals surface area contributed by atoms with Crippen molar-refractivity contribution >= 4 is 7.92 Å². The summed E-state index contributed by atoms with van der Waals surface area (Å²) in [6, 6.07) is 0. The van der Waals surface area contributed by atoms with Gasteiger partial charge >= 0.3 is 0 Å². The molecule has 0 rings (SSSR count). The van der Waals surface area contributed by atoms with Gasteiger partial charge in [-0.15, -0.1) is 0 Å². The molecule has 0 amide bonds. The van der Waals surface area contributed by atoms with Crippen molar-refractivity contribution in [3.8, 4) is 0 Å². The van der Waals surface area contributed by atoms with Crippen molar-refractivity contribution in [3.63, 3.8) is 0 Å². The lowest BCUT2D eigenvalue weighted by Crippen LogP contribution is -2.36. The second-order valence-corrected chi connectivity index (χ2v) is 11.4. The molecule has 0 saturated heterocycles. The van der Waals surface area contributed by atoms with Crippen LogP contribution in [0.4, 0.5) is 0 Å². The van der Waals surface area contributed by atoms with E-state index < -0.39 is 0 Å². The Balaban J connectivity index is 5.14. The first-order chi connectivity index (χ1) is 5.93. The molecule has 0 fully saturated rings. The fourth-order valence-corrected chi connectivity index (χ4v) is 8.94. The standard InChI is InChI=1S/C13H29P/c1-10-13(8,9)14(11(2,3)4)12(5,6)7/h10H2,1-9H3. The van der Waals surface area contributed by atoms with Gasteiger partial charge in [-0.1, -0.05) is 70.2 Å². The molecule has 0 aromatic carbocycles. The van der Waals surface area contributed by atoms with Crippen LogP contribution >= 0.6 is 7.92 Å². The van der Waals surface area contributed by atoms with E-state index in [1.165, 1.54) is 6.42 Å². The monoisotopic (exact) mass is 216 g/mol. The summed E-state index contributed by atoms with van der Waals surface area (Å²) >= 11 is 0. The lowest BCUT2D eigenvalue weighted by molar-refractivity contribution is 0.598. The molecule has 0 nitrogen and oxygen atoms in total. The zero-order valence-corrected chi connectivity index (χ0v) is 12.5. The van der Waals surface area contributed by atoms with Crippen LogP contribution in [0.15, 0.2) is 0 Å². The fraction of sp³-hybridized carbons (Fsp3) is 1.00. The highest BCUT2D eigenvalue weighted by molar-refractivity contribution is 7.62. The van der Waals surface area contributed by atoms with Crippen molar-refractivity contribution in [2.24, 2.45) is 0 Å². The number of rotatable bonds is 2. The molecule has 14 heavy (non-hydrogen) atoms. The van der Waals surface area contributed by atoms with E-state index in [0.717, 1.165) is 0 Å². The zero-order valence-electron chi connectivity index (χ0n) is 11.7. The van der Waals surface area contributed by atoms with Crippen LogP contribution < -0.4 is 0 Å². The summed E-state index contributed by atoms with van der Waals surface area (Å²) in [6.07, 6.45) is 1.28. The fourth-order valence-electron chi connectivity index (χ4n) is 2.98. The van der Waals surface area contributed by atoms with Crippen LogP contribution in [0.25, 0.3) is 0 Å². The van der Waals surface area contributed by atoms with Crippen LogP contribution in [-0.4, -0.2) is 15.5 Å². The normalized spacial score (nSPS) is 15.0. The van der Waals surface area contributed by atoms with Crippen molar-refractivity contribution in [3.05, 3.63) is 0 Å². The summed E-state index contributed by atoms with van der Waals surface area (Å²) in [5.74, 6) is 0. The molecule has 0 bridgehead atoms. The van der Waals surface area contributed by atoms with Crippen molar-refractivity contribution in [2.45, 2.75) is 84.2 Å². The van der Waals surface area contributed by atoms with Gasteiger partial charge in [0.25, 0.3) is 0 Å². The van der Waals surface area contributed by atoms with E-state index >= 15 is 0 Å². The van der Waals surface area contributed by atoms with Crippen LogP contribution in [0.1, 0.15) is 68.7 Å². The molecule has 0 saturated carbocycles. The topological polar surface area (TPSA) is 0 Å². The molecule has 0 spiro atoms. The predicted molar refractivity (Wildman–Crippen MR) is 70.8 cm³/mol. The Morgan fingerprint density at radius 3 is 1.07 bits per heavy atom. The molecule has 0 N–H and O–H groups in total. The van der Waals surface area contributed by atoms with Gasteiger partial charge in [-0.3, -0.25) is 0 Å². The van der Waals surface area contributed by atoms with Gasteiger partial charge in [0.15, 0.2) is 0 Å². The van der Waals surface area contributed by atoms with Crippen LogP contribution in [0.3, 0.4) is 0 Å². The van der Waals surface area contributed by atoms with E-state index in [9.17, 15) is 0 Å². The highest BCUT2D eigenvalue weighted by Gasteiger charge is 2.43. The van der Waals surface area contributed by atoms with Crippen molar-refractivity contribution < 1.29 is 0 Å². The first kappa shape index (κ1) is 14.4. The Labute approximate surface area is 92.6 Å². The lowest BCUT2D eigenvalue weighted by atomic mass is 10.1. The van der Waals surface area contributed by atoms with Gasteiger partial charge in [0.2, 0.25) is 0 Å². The van der Waals surface area contributed by atoms with Gasteiger partial charge in [-0.25, -0.2) is 0 Å². The van der Waals surface area contributed by atoms with E-state index in [1.807, 2.05) is 0 Å². The van der Waals surface area contributed by atoms with Gasteiger partial charge in [-0.05, 0) is 21.9 Å². The molecule has 0 unspecified atom stereocenters. The zero-order chi connectivity index (χ0) is 11.8. The molecule has 0 atom stereocenters. The Morgan fingerprint density at radius 2 is 1.00 bits per heavy atom. The Morgan fingerprint density at radius 1 is 0.714 bits per heavy atom. The minimum atomic E-state index is 0.0139. The average Bonchev–Trinajstić information content (AvgIpc) is 1.79. The third-order valence-corrected chi connectivity index (χ3v) is 7.02. The van der Waals surface area contributed by atoms with E-state index in [0.29, 0.717) is 15.5 Å². The predicted octanol–water partition coefficient (Wildman–Crippen LogP) is 5.25. The van der Waals surface area contributed by atoms with Crippen LogP contribution in [-0.2, 0) is 0 Å². The molecule has 0 aliphatic carbocycles. The van der Waals surface area contributed by atoms with Gasteiger partial charge in [-0.2, -0.15) is 0 Å². The summed E-state index contributed by atoms with van der Waals surface area (Å²) in [5.41, 5.74) is 0. The average molecular weight is 216 g/mol. The van der Waals surface area contributed by atoms with Crippen molar-refractivity contribution in [1.82, 2.24) is 0 Å². The Bertz CT molecular complexity index is 164. The summed E-state index contributed by atoms with van der Waals surface area (Å²) in [6.45, 7) is 21.6. The summed E-state index contributed by atoms with van der Waals surface area (Å²) in [5, 5.41) is 1.39. The molecule has 0 aliphatic heterocycles. The van der Waals surface area contributed by atoms with Gasteiger partial charge in [0.05, 0.1) is 0 Å². The van der Waals surface area contributed by atoms with Crippen LogP contribution in [0.2, 0.25) is 0 Å². The minimum Gasteiger partial charge on any atom is -0.0898 e. The van der Waals surface area contributed by atoms with E-state index in [4.69, 9.17) is 0 Å². The Hall–Kier alpha value is 0.430. The molecule has 0 aromatic rings. The molecule has 86 valence electrons. The van der Waals surface area contributed by atoms with Crippen molar-refractivity contribution in [1.29, 1.82) is 0 Å². The summed E-state index contributed by atoms with van der Waals surface area (Å²) < 4.78 is 0. The summed E-state index contributed by atoms with van der Waals surface area (Å²) in [4.78, 5) is 0. The SMILES string of the molecule is CCC(C)(C)P(C(C)(C)C)C(C)(C)C. The maximum absolute atomic E-state index is 2.44. The molecule has 0 heterocycles. The molecule has 1 heteroatoms. The Kier molecular flexibility index (Phi) is 4.25. The molecule has 0 aliphatic rings. The van der Waals surface area contributed by atoms with Crippen molar-refractivity contribution in [2.75, 3.05) is 0 Å². The van der Waals surface area contributed by atoms with E-state index in [1.54, 1.807) is 0 Å². The highest BCUT2D eigenvalue weighted by Crippen LogP contribution is 2.68. The molecule has 0 radical (unpaired) electrons. The van der Waals surface area contributed by atoms with Gasteiger partial charge in [0, 0.05) is 0 Å². The molecular weight excluding hydrogens is 187 g/mol. The smallest absolute Gasteiger partial charge is 0.0144 e. The minimum absolute atomic E-state index is 0.0139. The number of hydrogen-bond donors (Lipinski definition) is 0. The molecule has 0 aromatic heterocycles. The summed E-state index contributed by atoms with van der Waals surface area (Å²) in [7, 11) is 0.0139. The first-order valence-electron chi connectivity index (χ1n) is 5.73. The lowest BCUT2D eigenvalue weighted by Gasteiger charge is -2.51. The highest BCUT2D eigenvalue weighted by atomic mass is 31.1. The second kappa shape index (κ2) is 4.12. The van der Waals surface area contributed by atoms with E-state index in [-0.39, 0.29) is 7.92 Å². The van der Waals surface area contributed by atoms with Gasteiger partial charge < -0.3 is 0 Å². The largest absolute Gasteiger partial charge is 0.0898 e. The van der Waals surface area contributed by atoms with Crippen LogP contribution in [0, 0.1) is 0 Å². The maximum atomic E-state index is 2.44. The van der Waals surface area contributed by atoms with Crippen LogP contribution in [0.5, 0.6) is 0 Å². The number of hydrogen-bond acceptors (Lipinski definition) is 0.